The molecule has 2 rings (SSSR count). The predicted molar refractivity (Wildman–Crippen MR) is 75.4 cm³/mol. The summed E-state index contributed by atoms with van der Waals surface area (Å²) in [6.07, 6.45) is 6.21. The van der Waals surface area contributed by atoms with Crippen LogP contribution in [0, 0.1) is 6.92 Å². The van der Waals surface area contributed by atoms with E-state index in [1.165, 1.54) is 6.42 Å². The lowest BCUT2D eigenvalue weighted by Crippen LogP contribution is -2.37. The van der Waals surface area contributed by atoms with Gasteiger partial charge in [-0.3, -0.25) is 4.79 Å². The molecule has 0 aromatic carbocycles. The second-order valence-corrected chi connectivity index (χ2v) is 5.33. The number of hydrogen-bond donors (Lipinski definition) is 1. The molecule has 0 amide bonds. The van der Waals surface area contributed by atoms with Crippen LogP contribution in [-0.2, 0) is 16.8 Å². The molecule has 1 aromatic heterocycles. The number of aromatic amines is 1. The molecule has 1 N–H and O–H groups in total. The molecule has 19 heavy (non-hydrogen) atoms. The van der Waals surface area contributed by atoms with E-state index in [-0.39, 0.29) is 11.2 Å². The van der Waals surface area contributed by atoms with E-state index in [9.17, 15) is 4.79 Å². The van der Waals surface area contributed by atoms with Gasteiger partial charge in [0.2, 0.25) is 0 Å². The molecule has 0 saturated heterocycles. The van der Waals surface area contributed by atoms with E-state index in [1.807, 2.05) is 20.8 Å². The number of nitrogens with one attached hydrogen (secondary N) is 1. The van der Waals surface area contributed by atoms with Gasteiger partial charge in [0.05, 0.1) is 5.69 Å². The van der Waals surface area contributed by atoms with E-state index in [0.29, 0.717) is 6.61 Å². The van der Waals surface area contributed by atoms with Crippen LogP contribution in [0.25, 0.3) is 0 Å². The van der Waals surface area contributed by atoms with Crippen LogP contribution < -0.4 is 5.56 Å². The van der Waals surface area contributed by atoms with E-state index < -0.39 is 0 Å². The fourth-order valence-corrected chi connectivity index (χ4v) is 2.99. The summed E-state index contributed by atoms with van der Waals surface area (Å²) in [5, 5.41) is 0. The van der Waals surface area contributed by atoms with Crippen LogP contribution in [0.3, 0.4) is 0 Å². The van der Waals surface area contributed by atoms with Crippen molar-refractivity contribution in [2.75, 3.05) is 6.61 Å². The molecule has 1 fully saturated rings. The minimum atomic E-state index is -0.371. The van der Waals surface area contributed by atoms with Crippen molar-refractivity contribution in [2.45, 2.75) is 64.9 Å². The molecular formula is C15H24N2O2. The lowest BCUT2D eigenvalue weighted by Gasteiger charge is -2.36. The summed E-state index contributed by atoms with van der Waals surface area (Å²) < 4.78 is 6.02. The van der Waals surface area contributed by atoms with Gasteiger partial charge in [-0.2, -0.15) is 0 Å². The lowest BCUT2D eigenvalue weighted by molar-refractivity contribution is -0.0769. The molecule has 1 saturated carbocycles. The summed E-state index contributed by atoms with van der Waals surface area (Å²) in [5.74, 6) is 0.738. The zero-order valence-electron chi connectivity index (χ0n) is 12.2. The third kappa shape index (κ3) is 2.73. The minimum absolute atomic E-state index is 0.0218. The van der Waals surface area contributed by atoms with E-state index in [4.69, 9.17) is 4.74 Å². The maximum absolute atomic E-state index is 12.1. The third-order valence-corrected chi connectivity index (χ3v) is 4.10. The van der Waals surface area contributed by atoms with Gasteiger partial charge in [0.15, 0.2) is 0 Å². The average molecular weight is 264 g/mol. The van der Waals surface area contributed by atoms with Crippen molar-refractivity contribution in [3.63, 3.8) is 0 Å². The summed E-state index contributed by atoms with van der Waals surface area (Å²) in [5.41, 5.74) is 1.23. The highest BCUT2D eigenvalue weighted by molar-refractivity contribution is 5.18. The molecule has 106 valence electrons. The lowest BCUT2D eigenvalue weighted by atomic mass is 9.83. The van der Waals surface area contributed by atoms with Gasteiger partial charge in [0.1, 0.15) is 11.4 Å². The van der Waals surface area contributed by atoms with Crippen LogP contribution >= 0.6 is 0 Å². The molecule has 0 spiro atoms. The summed E-state index contributed by atoms with van der Waals surface area (Å²) in [4.78, 5) is 19.7. The quantitative estimate of drug-likeness (QED) is 0.909. The Kier molecular flexibility index (Phi) is 4.40. The molecule has 0 atom stereocenters. The van der Waals surface area contributed by atoms with Crippen LogP contribution in [0.15, 0.2) is 4.79 Å². The number of ether oxygens (including phenoxy) is 1. The molecule has 4 heteroatoms. The van der Waals surface area contributed by atoms with E-state index in [0.717, 1.165) is 49.2 Å². The number of aryl methyl sites for hydroxylation is 1. The molecule has 1 heterocycles. The van der Waals surface area contributed by atoms with Gasteiger partial charge in [0.25, 0.3) is 5.56 Å². The first kappa shape index (κ1) is 14.3. The van der Waals surface area contributed by atoms with Crippen LogP contribution in [0.4, 0.5) is 0 Å². The third-order valence-electron chi connectivity index (χ3n) is 4.10. The fourth-order valence-electron chi connectivity index (χ4n) is 2.99. The van der Waals surface area contributed by atoms with Gasteiger partial charge in [0, 0.05) is 12.2 Å². The van der Waals surface area contributed by atoms with Gasteiger partial charge in [-0.15, -0.1) is 0 Å². The molecule has 4 nitrogen and oxygen atoms in total. The van der Waals surface area contributed by atoms with Crippen molar-refractivity contribution in [1.82, 2.24) is 9.97 Å². The maximum Gasteiger partial charge on any atom is 0.254 e. The highest BCUT2D eigenvalue weighted by atomic mass is 16.5. The van der Waals surface area contributed by atoms with Crippen molar-refractivity contribution in [1.29, 1.82) is 0 Å². The summed E-state index contributed by atoms with van der Waals surface area (Å²) in [7, 11) is 0. The molecular weight excluding hydrogens is 240 g/mol. The number of aromatic nitrogens is 2. The number of hydrogen-bond acceptors (Lipinski definition) is 3. The topological polar surface area (TPSA) is 55.0 Å². The second-order valence-electron chi connectivity index (χ2n) is 5.33. The smallest absolute Gasteiger partial charge is 0.254 e. The molecule has 0 aliphatic heterocycles. The van der Waals surface area contributed by atoms with Gasteiger partial charge < -0.3 is 9.72 Å². The number of nitrogens with zero attached hydrogens (tertiary/aromatic N) is 1. The average Bonchev–Trinajstić information content (AvgIpc) is 2.43. The maximum atomic E-state index is 12.1. The Morgan fingerprint density at radius 1 is 1.26 bits per heavy atom. The van der Waals surface area contributed by atoms with Crippen molar-refractivity contribution in [2.24, 2.45) is 0 Å². The van der Waals surface area contributed by atoms with Crippen LogP contribution in [0.1, 0.15) is 63.0 Å². The van der Waals surface area contributed by atoms with E-state index in [1.54, 1.807) is 0 Å². The first-order valence-electron chi connectivity index (χ1n) is 7.37. The van der Waals surface area contributed by atoms with E-state index in [2.05, 4.69) is 9.97 Å². The van der Waals surface area contributed by atoms with Gasteiger partial charge in [-0.25, -0.2) is 4.98 Å². The monoisotopic (exact) mass is 264 g/mol. The summed E-state index contributed by atoms with van der Waals surface area (Å²) >= 11 is 0. The first-order valence-corrected chi connectivity index (χ1v) is 7.37. The van der Waals surface area contributed by atoms with Crippen molar-refractivity contribution >= 4 is 0 Å². The van der Waals surface area contributed by atoms with Gasteiger partial charge in [-0.1, -0.05) is 26.2 Å². The largest absolute Gasteiger partial charge is 0.367 e. The van der Waals surface area contributed by atoms with Crippen LogP contribution in [0.2, 0.25) is 0 Å². The van der Waals surface area contributed by atoms with Crippen molar-refractivity contribution < 1.29 is 4.74 Å². The van der Waals surface area contributed by atoms with Gasteiger partial charge in [-0.05, 0) is 33.1 Å². The number of rotatable bonds is 4. The first-order chi connectivity index (χ1) is 9.13. The van der Waals surface area contributed by atoms with Crippen molar-refractivity contribution in [3.8, 4) is 0 Å². The summed E-state index contributed by atoms with van der Waals surface area (Å²) in [6, 6.07) is 0. The second kappa shape index (κ2) is 5.87. The Morgan fingerprint density at radius 2 is 1.95 bits per heavy atom. The predicted octanol–water partition coefficient (Wildman–Crippen LogP) is 2.84. The van der Waals surface area contributed by atoms with Gasteiger partial charge >= 0.3 is 0 Å². The Balaban J connectivity index is 2.47. The molecule has 1 aliphatic rings. The molecule has 0 unspecified atom stereocenters. The SMILES string of the molecule is CCOC1(c2nc(CC)c(C)c(=O)[nH]2)CCCCC1. The minimum Gasteiger partial charge on any atom is -0.367 e. The van der Waals surface area contributed by atoms with Crippen LogP contribution in [0.5, 0.6) is 0 Å². The van der Waals surface area contributed by atoms with Crippen LogP contribution in [-0.4, -0.2) is 16.6 Å². The molecule has 1 aromatic rings. The molecule has 0 bridgehead atoms. The molecule has 1 aliphatic carbocycles. The van der Waals surface area contributed by atoms with E-state index >= 15 is 0 Å². The Labute approximate surface area is 114 Å². The Hall–Kier alpha value is -1.16. The highest BCUT2D eigenvalue weighted by Gasteiger charge is 2.37. The standard InChI is InChI=1S/C15H24N2O2/c1-4-12-11(3)13(18)17-14(16-12)15(19-5-2)9-7-6-8-10-15/h4-10H2,1-3H3,(H,16,17,18). The normalized spacial score (nSPS) is 18.5. The zero-order valence-corrected chi connectivity index (χ0v) is 12.2. The Bertz CT molecular complexity index is 482. The van der Waals surface area contributed by atoms with Crippen molar-refractivity contribution in [3.05, 3.63) is 27.4 Å². The fraction of sp³-hybridized carbons (Fsp3) is 0.733. The number of H-pyrrole nitrogens is 1. The molecule has 0 radical (unpaired) electrons. The zero-order chi connectivity index (χ0) is 13.9. The summed E-state index contributed by atoms with van der Waals surface area (Å²) in [6.45, 7) is 6.53. The Morgan fingerprint density at radius 3 is 2.53 bits per heavy atom. The highest BCUT2D eigenvalue weighted by Crippen LogP contribution is 2.38.